The maximum atomic E-state index is 13.2. The van der Waals surface area contributed by atoms with Crippen molar-refractivity contribution in [2.24, 2.45) is 0 Å². The molecule has 5 rings (SSSR count). The smallest absolute Gasteiger partial charge is 0.348 e. The molecule has 60 heavy (non-hydrogen) atoms. The van der Waals surface area contributed by atoms with Gasteiger partial charge >= 0.3 is 47.8 Å². The van der Waals surface area contributed by atoms with Crippen molar-refractivity contribution in [2.75, 3.05) is 62.4 Å². The number of benzene rings is 2. The van der Waals surface area contributed by atoms with E-state index in [0.717, 1.165) is 0 Å². The lowest BCUT2D eigenvalue weighted by atomic mass is 9.87. The topological polar surface area (TPSA) is 217 Å². The molecule has 2 saturated heterocycles. The second-order valence-corrected chi connectivity index (χ2v) is 14.0. The van der Waals surface area contributed by atoms with Gasteiger partial charge in [-0.25, -0.2) is 19.2 Å². The molecule has 2 aromatic carbocycles. The van der Waals surface area contributed by atoms with Crippen molar-refractivity contribution in [3.05, 3.63) is 70.8 Å². The zero-order valence-electron chi connectivity index (χ0n) is 33.7. The number of ether oxygens (including phenoxy) is 8. The second kappa shape index (κ2) is 19.8. The van der Waals surface area contributed by atoms with E-state index in [4.69, 9.17) is 37.9 Å². The number of carbonyl (C=O) groups excluding carboxylic acids is 8. The van der Waals surface area contributed by atoms with Crippen LogP contribution in [0.2, 0.25) is 0 Å². The molecule has 3 fully saturated rings. The molecule has 0 bridgehead atoms. The molecule has 3 aliphatic rings. The lowest BCUT2D eigenvalue weighted by molar-refractivity contribution is -0.291. The summed E-state index contributed by atoms with van der Waals surface area (Å²) in [6, 6.07) is 13.5. The van der Waals surface area contributed by atoms with Crippen LogP contribution in [0, 0.1) is 0 Å². The van der Waals surface area contributed by atoms with Crippen LogP contribution in [0.4, 0.5) is 11.4 Å². The number of nitrogens with zero attached hydrogens (tertiary/aromatic N) is 2. The molecule has 0 atom stereocenters. The largest absolute Gasteiger partial charge is 0.464 e. The fraction of sp³-hybridized carbons (Fsp3) is 0.429. The predicted molar refractivity (Wildman–Crippen MR) is 208 cm³/mol. The Hall–Kier alpha value is -6.72. The minimum Gasteiger partial charge on any atom is -0.464 e. The van der Waals surface area contributed by atoms with Gasteiger partial charge in [-0.2, -0.15) is 0 Å². The van der Waals surface area contributed by atoms with Gasteiger partial charge in [0.05, 0.1) is 26.2 Å². The molecule has 1 aliphatic carbocycles. The molecule has 0 amide bonds. The number of hydrogen-bond acceptors (Lipinski definition) is 18. The van der Waals surface area contributed by atoms with Crippen LogP contribution in [0.15, 0.2) is 59.7 Å². The van der Waals surface area contributed by atoms with Gasteiger partial charge in [0.25, 0.3) is 11.6 Å². The van der Waals surface area contributed by atoms with Crippen LogP contribution in [0.1, 0.15) is 64.5 Å². The van der Waals surface area contributed by atoms with E-state index in [1.807, 2.05) is 9.80 Å². The Balaban J connectivity index is 1.18. The third kappa shape index (κ3) is 12.2. The van der Waals surface area contributed by atoms with E-state index in [0.29, 0.717) is 48.7 Å². The standard InChI is InChI=1S/C42H46N2O16/c1-27(45)53-21-17-43(18-22-54-28(2)46)33-9-5-31(6-10-33)25-35-37(49)57-41(58-38(35)50)13-15-42(16-14-41)59-39(51)36(40(52)60-42)26-32-7-11-34(12-8-32)44(19-23-55-29(3)47)20-24-56-30(4)48/h5-12,25-26H,13-24H2,1-4H3. The molecule has 2 spiro atoms. The number of anilines is 2. The van der Waals surface area contributed by atoms with E-state index in [2.05, 4.69) is 0 Å². The minimum absolute atomic E-state index is 0.104. The van der Waals surface area contributed by atoms with Crippen LogP contribution in [0.25, 0.3) is 12.2 Å². The summed E-state index contributed by atoms with van der Waals surface area (Å²) < 4.78 is 42.8. The molecule has 2 heterocycles. The van der Waals surface area contributed by atoms with Crippen molar-refractivity contribution < 1.29 is 76.3 Å². The highest BCUT2D eigenvalue weighted by molar-refractivity contribution is 6.19. The van der Waals surface area contributed by atoms with E-state index >= 15 is 0 Å². The van der Waals surface area contributed by atoms with Crippen molar-refractivity contribution in [1.82, 2.24) is 0 Å². The highest BCUT2D eigenvalue weighted by atomic mass is 16.8. The van der Waals surface area contributed by atoms with Crippen molar-refractivity contribution in [1.29, 1.82) is 0 Å². The van der Waals surface area contributed by atoms with Crippen molar-refractivity contribution >= 4 is 71.3 Å². The first-order valence-electron chi connectivity index (χ1n) is 19.2. The van der Waals surface area contributed by atoms with Gasteiger partial charge in [0.2, 0.25) is 0 Å². The molecule has 18 heteroatoms. The Morgan fingerprint density at radius 3 is 0.967 bits per heavy atom. The fourth-order valence-corrected chi connectivity index (χ4v) is 6.59. The number of rotatable bonds is 16. The minimum atomic E-state index is -1.66. The maximum Gasteiger partial charge on any atom is 0.348 e. The summed E-state index contributed by atoms with van der Waals surface area (Å²) in [4.78, 5) is 101. The first kappa shape index (κ1) is 44.4. The van der Waals surface area contributed by atoms with Crippen LogP contribution in [0.5, 0.6) is 0 Å². The maximum absolute atomic E-state index is 13.2. The lowest BCUT2D eigenvalue weighted by Gasteiger charge is -2.46. The van der Waals surface area contributed by atoms with Gasteiger partial charge in [-0.05, 0) is 47.5 Å². The third-order valence-electron chi connectivity index (χ3n) is 9.57. The molecule has 0 radical (unpaired) electrons. The highest BCUT2D eigenvalue weighted by Crippen LogP contribution is 2.45. The van der Waals surface area contributed by atoms with Gasteiger partial charge in [-0.15, -0.1) is 0 Å². The summed E-state index contributed by atoms with van der Waals surface area (Å²) in [5.74, 6) is -8.71. The molecule has 0 N–H and O–H groups in total. The molecular formula is C42H46N2O16. The first-order chi connectivity index (χ1) is 28.6. The summed E-state index contributed by atoms with van der Waals surface area (Å²) in [7, 11) is 0. The van der Waals surface area contributed by atoms with E-state index in [1.165, 1.54) is 39.8 Å². The van der Waals surface area contributed by atoms with Crippen LogP contribution in [-0.2, 0) is 76.3 Å². The SMILES string of the molecule is CC(=O)OCCN(CCOC(C)=O)c1ccc(C=C2C(=O)OC3(CCC4(CC3)OC(=O)C(=Cc3ccc(N(CCOC(C)=O)CCOC(C)=O)cc3)C(=O)O4)OC2=O)cc1. The van der Waals surface area contributed by atoms with Gasteiger partial charge in [0.15, 0.2) is 0 Å². The molecule has 0 unspecified atom stereocenters. The van der Waals surface area contributed by atoms with Crippen LogP contribution < -0.4 is 9.80 Å². The van der Waals surface area contributed by atoms with Crippen molar-refractivity contribution in [3.8, 4) is 0 Å². The van der Waals surface area contributed by atoms with Gasteiger partial charge in [0.1, 0.15) is 37.6 Å². The van der Waals surface area contributed by atoms with Crippen molar-refractivity contribution in [2.45, 2.75) is 65.0 Å². The average molecular weight is 835 g/mol. The second-order valence-electron chi connectivity index (χ2n) is 14.0. The number of esters is 8. The normalized spacial score (nSPS) is 19.6. The third-order valence-corrected chi connectivity index (χ3v) is 9.57. The van der Waals surface area contributed by atoms with Gasteiger partial charge in [-0.3, -0.25) is 19.2 Å². The van der Waals surface area contributed by atoms with Gasteiger partial charge < -0.3 is 47.7 Å². The molecular weight excluding hydrogens is 788 g/mol. The molecule has 320 valence electrons. The highest BCUT2D eigenvalue weighted by Gasteiger charge is 2.56. The van der Waals surface area contributed by atoms with E-state index < -0.39 is 59.3 Å². The van der Waals surface area contributed by atoms with Crippen molar-refractivity contribution in [3.63, 3.8) is 0 Å². The van der Waals surface area contributed by atoms with Crippen LogP contribution in [0.3, 0.4) is 0 Å². The lowest BCUT2D eigenvalue weighted by Crippen LogP contribution is -2.56. The summed E-state index contributed by atoms with van der Waals surface area (Å²) in [5, 5.41) is 0. The van der Waals surface area contributed by atoms with Gasteiger partial charge in [-0.1, -0.05) is 24.3 Å². The molecule has 1 saturated carbocycles. The van der Waals surface area contributed by atoms with E-state index in [9.17, 15) is 38.4 Å². The predicted octanol–water partition coefficient (Wildman–Crippen LogP) is 3.19. The zero-order valence-corrected chi connectivity index (χ0v) is 33.7. The summed E-state index contributed by atoms with van der Waals surface area (Å²) in [6.45, 7) is 6.89. The van der Waals surface area contributed by atoms with Crippen LogP contribution in [-0.4, -0.2) is 112 Å². The van der Waals surface area contributed by atoms with Gasteiger partial charge in [0, 0.05) is 64.8 Å². The number of carbonyl (C=O) groups is 8. The summed E-state index contributed by atoms with van der Waals surface area (Å²) in [5.41, 5.74) is 1.69. The molecule has 2 aromatic rings. The first-order valence-corrected chi connectivity index (χ1v) is 19.2. The summed E-state index contributed by atoms with van der Waals surface area (Å²) >= 11 is 0. The molecule has 2 aliphatic heterocycles. The van der Waals surface area contributed by atoms with E-state index in [-0.39, 0.29) is 63.3 Å². The zero-order chi connectivity index (χ0) is 43.5. The van der Waals surface area contributed by atoms with Crippen LogP contribution >= 0.6 is 0 Å². The Bertz CT molecular complexity index is 1800. The number of hydrogen-bond donors (Lipinski definition) is 0. The Kier molecular flexibility index (Phi) is 14.7. The Morgan fingerprint density at radius 2 is 0.733 bits per heavy atom. The fourth-order valence-electron chi connectivity index (χ4n) is 6.59. The monoisotopic (exact) mass is 834 g/mol. The van der Waals surface area contributed by atoms with E-state index in [1.54, 1.807) is 48.5 Å². The average Bonchev–Trinajstić information content (AvgIpc) is 3.18. The molecule has 0 aromatic heterocycles. The summed E-state index contributed by atoms with van der Waals surface area (Å²) in [6.07, 6.45) is 2.19. The Morgan fingerprint density at radius 1 is 0.483 bits per heavy atom. The molecule has 18 nitrogen and oxygen atoms in total. The Labute approximate surface area is 345 Å². The quantitative estimate of drug-likeness (QED) is 0.103.